The number of nitrogens with one attached hydrogen (secondary N) is 2. The van der Waals surface area contributed by atoms with Crippen molar-refractivity contribution in [2.24, 2.45) is 5.73 Å². The Morgan fingerprint density at radius 3 is 2.64 bits per heavy atom. The molecule has 4 aromatic rings. The van der Waals surface area contributed by atoms with Crippen molar-refractivity contribution in [1.29, 1.82) is 0 Å². The van der Waals surface area contributed by atoms with Crippen LogP contribution < -0.4 is 16.5 Å². The van der Waals surface area contributed by atoms with Gasteiger partial charge in [0.2, 0.25) is 11.8 Å². The molecule has 4 unspecified atom stereocenters. The Bertz CT molecular complexity index is 1680. The Morgan fingerprint density at radius 1 is 1.10 bits per heavy atom. The maximum Gasteiger partial charge on any atom is 0.269 e. The normalized spacial score (nSPS) is 21.8. The second kappa shape index (κ2) is 11.0. The Hall–Kier alpha value is -5.17. The van der Waals surface area contributed by atoms with Gasteiger partial charge in [0.1, 0.15) is 30.9 Å². The van der Waals surface area contributed by atoms with Crippen LogP contribution in [0.2, 0.25) is 0 Å². The highest BCUT2D eigenvalue weighted by atomic mass is 19.1. The first-order chi connectivity index (χ1) is 20.3. The molecular formula is C29H26FN7O5. The lowest BCUT2D eigenvalue weighted by Crippen LogP contribution is -2.52. The van der Waals surface area contributed by atoms with Crippen molar-refractivity contribution >= 4 is 34.5 Å². The highest BCUT2D eigenvalue weighted by molar-refractivity contribution is 6.07. The molecule has 4 N–H and O–H groups in total. The average Bonchev–Trinajstić information content (AvgIpc) is 3.69. The molecule has 2 aliphatic heterocycles. The number of primary amides is 1. The van der Waals surface area contributed by atoms with E-state index in [4.69, 9.17) is 10.6 Å². The van der Waals surface area contributed by atoms with Crippen molar-refractivity contribution in [3.05, 3.63) is 84.3 Å². The number of nitrogens with two attached hydrogens (primary N) is 1. The molecule has 2 aromatic heterocycles. The van der Waals surface area contributed by atoms with Crippen LogP contribution in [0.4, 0.5) is 4.39 Å². The van der Waals surface area contributed by atoms with E-state index in [0.717, 1.165) is 16.0 Å². The summed E-state index contributed by atoms with van der Waals surface area (Å²) >= 11 is 0. The maximum absolute atomic E-state index is 14.6. The second-order valence-electron chi connectivity index (χ2n) is 10.2. The van der Waals surface area contributed by atoms with E-state index < -0.39 is 48.0 Å². The molecular weight excluding hydrogens is 545 g/mol. The summed E-state index contributed by atoms with van der Waals surface area (Å²) in [5, 5.41) is 10.8. The van der Waals surface area contributed by atoms with E-state index in [9.17, 15) is 23.6 Å². The fraction of sp³-hybridized carbons (Fsp3) is 0.241. The monoisotopic (exact) mass is 571 g/mol. The zero-order valence-electron chi connectivity index (χ0n) is 22.1. The number of hydrogen-bond donors (Lipinski definition) is 3. The number of hydroxylamine groups is 1. The Balaban J connectivity index is 1.23. The number of hydrogen-bond acceptors (Lipinski definition) is 7. The Morgan fingerprint density at radius 2 is 1.90 bits per heavy atom. The van der Waals surface area contributed by atoms with Crippen molar-refractivity contribution in [3.63, 3.8) is 0 Å². The zero-order chi connectivity index (χ0) is 29.4. The highest BCUT2D eigenvalue weighted by Crippen LogP contribution is 2.30. The van der Waals surface area contributed by atoms with Crippen molar-refractivity contribution in [2.45, 2.75) is 37.3 Å². The quantitative estimate of drug-likeness (QED) is 0.302. The van der Waals surface area contributed by atoms with Gasteiger partial charge < -0.3 is 20.5 Å². The number of alkyl halides is 1. The van der Waals surface area contributed by atoms with E-state index in [2.05, 4.69) is 21.0 Å². The molecule has 2 fully saturated rings. The third-order valence-electron chi connectivity index (χ3n) is 7.54. The van der Waals surface area contributed by atoms with Crippen LogP contribution in [-0.2, 0) is 25.8 Å². The molecule has 13 heteroatoms. The number of amides is 4. The van der Waals surface area contributed by atoms with Crippen LogP contribution in [0.25, 0.3) is 22.0 Å². The zero-order valence-corrected chi connectivity index (χ0v) is 22.1. The summed E-state index contributed by atoms with van der Waals surface area (Å²) in [6, 6.07) is 13.8. The fourth-order valence-corrected chi connectivity index (χ4v) is 5.50. The summed E-state index contributed by atoms with van der Waals surface area (Å²) in [6.07, 6.45) is 2.17. The summed E-state index contributed by atoms with van der Waals surface area (Å²) in [6.45, 7) is -0.552. The minimum atomic E-state index is -1.43. The molecule has 4 heterocycles. The van der Waals surface area contributed by atoms with Gasteiger partial charge in [-0.2, -0.15) is 10.2 Å². The predicted octanol–water partition coefficient (Wildman–Crippen LogP) is 1.42. The number of nitrogens with zero attached hydrogens (tertiary/aromatic N) is 4. The molecule has 2 saturated heterocycles. The van der Waals surface area contributed by atoms with E-state index >= 15 is 0 Å². The van der Waals surface area contributed by atoms with Crippen LogP contribution >= 0.6 is 0 Å². The molecule has 42 heavy (non-hydrogen) atoms. The maximum atomic E-state index is 14.6. The molecule has 0 aliphatic carbocycles. The van der Waals surface area contributed by atoms with Crippen LogP contribution in [0.15, 0.2) is 73.2 Å². The standard InChI is InChI=1S/C29H26FN7O5/c30-19-11-23(28(40)34-25-26(42-35-29(25)41)16-4-2-1-3-5-16)37(13-19)24(38)15-36-14-21(27(31)39)20-10-17(6-7-22(20)36)18-8-9-32-33-12-18/h1-10,12,14,19,23,25-26H,11,13,15H2,(H2,31,39)(H,34,40)(H,35,41). The molecule has 6 rings (SSSR count). The lowest BCUT2D eigenvalue weighted by Gasteiger charge is -2.26. The fourth-order valence-electron chi connectivity index (χ4n) is 5.50. The highest BCUT2D eigenvalue weighted by Gasteiger charge is 2.44. The lowest BCUT2D eigenvalue weighted by atomic mass is 10.0. The van der Waals surface area contributed by atoms with Crippen LogP contribution in [0, 0.1) is 0 Å². The van der Waals surface area contributed by atoms with Gasteiger partial charge in [-0.05, 0) is 29.3 Å². The molecule has 0 radical (unpaired) electrons. The Kier molecular flexibility index (Phi) is 7.08. The number of aromatic nitrogens is 3. The number of likely N-dealkylation sites (tertiary alicyclic amines) is 1. The smallest absolute Gasteiger partial charge is 0.269 e. The van der Waals surface area contributed by atoms with Crippen LogP contribution in [0.3, 0.4) is 0 Å². The first-order valence-electron chi connectivity index (χ1n) is 13.2. The van der Waals surface area contributed by atoms with Crippen molar-refractivity contribution in [2.75, 3.05) is 6.54 Å². The first kappa shape index (κ1) is 27.0. The van der Waals surface area contributed by atoms with Gasteiger partial charge in [-0.15, -0.1) is 0 Å². The van der Waals surface area contributed by atoms with Crippen LogP contribution in [-0.4, -0.2) is 68.1 Å². The molecule has 0 saturated carbocycles. The van der Waals surface area contributed by atoms with E-state index in [1.807, 2.05) is 12.1 Å². The summed E-state index contributed by atoms with van der Waals surface area (Å²) < 4.78 is 16.2. The number of carbonyl (C=O) groups excluding carboxylic acids is 4. The van der Waals surface area contributed by atoms with Crippen molar-refractivity contribution < 1.29 is 28.4 Å². The van der Waals surface area contributed by atoms with Gasteiger partial charge in [-0.25, -0.2) is 9.87 Å². The summed E-state index contributed by atoms with van der Waals surface area (Å²) in [5.74, 6) is -2.42. The third-order valence-corrected chi connectivity index (χ3v) is 7.54. The third kappa shape index (κ3) is 5.05. The topological polar surface area (TPSA) is 162 Å². The second-order valence-corrected chi connectivity index (χ2v) is 10.2. The lowest BCUT2D eigenvalue weighted by molar-refractivity contribution is -0.139. The minimum Gasteiger partial charge on any atom is -0.366 e. The molecule has 0 spiro atoms. The summed E-state index contributed by atoms with van der Waals surface area (Å²) in [5.41, 5.74) is 10.9. The van der Waals surface area contributed by atoms with E-state index in [1.165, 1.54) is 6.20 Å². The molecule has 12 nitrogen and oxygen atoms in total. The molecule has 0 bridgehead atoms. The predicted molar refractivity (Wildman–Crippen MR) is 147 cm³/mol. The minimum absolute atomic E-state index is 0.208. The largest absolute Gasteiger partial charge is 0.366 e. The molecule has 2 aliphatic rings. The summed E-state index contributed by atoms with van der Waals surface area (Å²) in [7, 11) is 0. The summed E-state index contributed by atoms with van der Waals surface area (Å²) in [4.78, 5) is 58.1. The molecule has 4 atom stereocenters. The van der Waals surface area contributed by atoms with Gasteiger partial charge in [0, 0.05) is 29.1 Å². The molecule has 2 aromatic carbocycles. The number of carbonyl (C=O) groups is 4. The van der Waals surface area contributed by atoms with E-state index in [0.29, 0.717) is 16.5 Å². The van der Waals surface area contributed by atoms with Crippen LogP contribution in [0.5, 0.6) is 0 Å². The van der Waals surface area contributed by atoms with Gasteiger partial charge in [0.05, 0.1) is 24.5 Å². The van der Waals surface area contributed by atoms with Crippen molar-refractivity contribution in [3.8, 4) is 11.1 Å². The van der Waals surface area contributed by atoms with Crippen molar-refractivity contribution in [1.82, 2.24) is 30.5 Å². The van der Waals surface area contributed by atoms with E-state index in [1.54, 1.807) is 59.4 Å². The number of benzene rings is 2. The number of fused-ring (bicyclic) bond motifs is 1. The molecule has 4 amide bonds. The van der Waals surface area contributed by atoms with E-state index in [-0.39, 0.29) is 25.1 Å². The van der Waals surface area contributed by atoms with Gasteiger partial charge >= 0.3 is 0 Å². The average molecular weight is 572 g/mol. The van der Waals surface area contributed by atoms with Gasteiger partial charge in [-0.3, -0.25) is 24.0 Å². The Labute approximate surface area is 238 Å². The van der Waals surface area contributed by atoms with Crippen LogP contribution in [0.1, 0.15) is 28.4 Å². The SMILES string of the molecule is NC(=O)c1cn(CC(=O)N2CC(F)CC2C(=O)NC2C(=O)NOC2c2ccccc2)c2ccc(-c3ccnnc3)cc12. The molecule has 214 valence electrons. The van der Waals surface area contributed by atoms with Gasteiger partial charge in [0.15, 0.2) is 0 Å². The first-order valence-corrected chi connectivity index (χ1v) is 13.2. The van der Waals surface area contributed by atoms with Gasteiger partial charge in [0.25, 0.3) is 11.8 Å². The van der Waals surface area contributed by atoms with Gasteiger partial charge in [-0.1, -0.05) is 36.4 Å². The number of halogens is 1. The number of rotatable bonds is 7.